The lowest BCUT2D eigenvalue weighted by Crippen LogP contribution is -2.54. The largest absolute Gasteiger partial charge is 0.339 e. The van der Waals surface area contributed by atoms with Crippen molar-refractivity contribution >= 4 is 30.7 Å². The molecule has 0 aromatic carbocycles. The standard InChI is InChI=1S/C11H23N3O.2ClH/c1-4-10(12)11(15)14-7-5-13(6-8-14)9(2)3;;/h9-10H,4-8,12H2,1-3H3;2*1H. The quantitative estimate of drug-likeness (QED) is 0.846. The Hall–Kier alpha value is -0.0300. The molecule has 104 valence electrons. The number of nitrogens with zero attached hydrogens (tertiary/aromatic N) is 2. The third-order valence-corrected chi connectivity index (χ3v) is 3.11. The minimum absolute atomic E-state index is 0. The Kier molecular flexibility index (Phi) is 10.2. The number of halogens is 2. The average Bonchev–Trinajstić information content (AvgIpc) is 2.27. The smallest absolute Gasteiger partial charge is 0.239 e. The van der Waals surface area contributed by atoms with Crippen LogP contribution in [0.15, 0.2) is 0 Å². The average molecular weight is 286 g/mol. The Labute approximate surface area is 117 Å². The van der Waals surface area contributed by atoms with Crippen LogP contribution in [0.2, 0.25) is 0 Å². The fraction of sp³-hybridized carbons (Fsp3) is 0.909. The van der Waals surface area contributed by atoms with Gasteiger partial charge in [0, 0.05) is 32.2 Å². The highest BCUT2D eigenvalue weighted by Crippen LogP contribution is 2.07. The van der Waals surface area contributed by atoms with Crippen molar-refractivity contribution in [3.8, 4) is 0 Å². The van der Waals surface area contributed by atoms with Crippen LogP contribution in [0.25, 0.3) is 0 Å². The molecule has 2 N–H and O–H groups in total. The van der Waals surface area contributed by atoms with Gasteiger partial charge in [-0.3, -0.25) is 9.69 Å². The molecule has 1 unspecified atom stereocenters. The number of nitrogens with two attached hydrogens (primary N) is 1. The van der Waals surface area contributed by atoms with Crippen molar-refractivity contribution in [1.29, 1.82) is 0 Å². The van der Waals surface area contributed by atoms with Gasteiger partial charge >= 0.3 is 0 Å². The minimum atomic E-state index is -0.310. The van der Waals surface area contributed by atoms with Gasteiger partial charge in [0.25, 0.3) is 0 Å². The molecular weight excluding hydrogens is 261 g/mol. The van der Waals surface area contributed by atoms with Gasteiger partial charge in [0.2, 0.25) is 5.91 Å². The highest BCUT2D eigenvalue weighted by atomic mass is 35.5. The first-order chi connectivity index (χ1) is 7.06. The number of amides is 1. The maximum absolute atomic E-state index is 11.8. The Morgan fingerprint density at radius 2 is 1.65 bits per heavy atom. The molecule has 0 bridgehead atoms. The summed E-state index contributed by atoms with van der Waals surface area (Å²) in [6.45, 7) is 9.92. The second-order valence-electron chi connectivity index (χ2n) is 4.47. The number of piperazine rings is 1. The molecule has 0 aromatic heterocycles. The van der Waals surface area contributed by atoms with E-state index in [9.17, 15) is 4.79 Å². The zero-order chi connectivity index (χ0) is 11.4. The lowest BCUT2D eigenvalue weighted by molar-refractivity contribution is -0.134. The molecule has 1 aliphatic heterocycles. The summed E-state index contributed by atoms with van der Waals surface area (Å²) < 4.78 is 0. The van der Waals surface area contributed by atoms with Crippen LogP contribution < -0.4 is 5.73 Å². The minimum Gasteiger partial charge on any atom is -0.339 e. The molecule has 1 heterocycles. The first-order valence-electron chi connectivity index (χ1n) is 5.84. The molecule has 0 radical (unpaired) electrons. The Balaban J connectivity index is 0. The van der Waals surface area contributed by atoms with Crippen molar-refractivity contribution in [2.75, 3.05) is 26.2 Å². The lowest BCUT2D eigenvalue weighted by Gasteiger charge is -2.37. The molecule has 1 saturated heterocycles. The van der Waals surface area contributed by atoms with E-state index in [0.717, 1.165) is 32.6 Å². The van der Waals surface area contributed by atoms with Crippen molar-refractivity contribution in [1.82, 2.24) is 9.80 Å². The first-order valence-corrected chi connectivity index (χ1v) is 5.84. The summed E-state index contributed by atoms with van der Waals surface area (Å²) in [6.07, 6.45) is 0.725. The lowest BCUT2D eigenvalue weighted by atomic mass is 10.2. The molecule has 1 atom stereocenters. The number of carbonyl (C=O) groups excluding carboxylic acids is 1. The Bertz CT molecular complexity index is 219. The van der Waals surface area contributed by atoms with E-state index in [-0.39, 0.29) is 36.8 Å². The summed E-state index contributed by atoms with van der Waals surface area (Å²) in [5, 5.41) is 0. The van der Waals surface area contributed by atoms with E-state index in [4.69, 9.17) is 5.73 Å². The molecule has 1 aliphatic rings. The van der Waals surface area contributed by atoms with Gasteiger partial charge in [-0.05, 0) is 20.3 Å². The van der Waals surface area contributed by atoms with E-state index >= 15 is 0 Å². The monoisotopic (exact) mass is 285 g/mol. The third-order valence-electron chi connectivity index (χ3n) is 3.11. The van der Waals surface area contributed by atoms with Crippen molar-refractivity contribution in [3.63, 3.8) is 0 Å². The van der Waals surface area contributed by atoms with Gasteiger partial charge in [0.15, 0.2) is 0 Å². The van der Waals surface area contributed by atoms with Crippen molar-refractivity contribution in [2.24, 2.45) is 5.73 Å². The van der Waals surface area contributed by atoms with Gasteiger partial charge in [-0.1, -0.05) is 6.92 Å². The topological polar surface area (TPSA) is 49.6 Å². The van der Waals surface area contributed by atoms with Gasteiger partial charge in [0.1, 0.15) is 0 Å². The summed E-state index contributed by atoms with van der Waals surface area (Å²) in [6, 6.07) is 0.262. The number of hydrogen-bond acceptors (Lipinski definition) is 3. The molecule has 6 heteroatoms. The van der Waals surface area contributed by atoms with Gasteiger partial charge in [-0.2, -0.15) is 0 Å². The van der Waals surface area contributed by atoms with Crippen LogP contribution in [0, 0.1) is 0 Å². The zero-order valence-corrected chi connectivity index (χ0v) is 12.5. The Morgan fingerprint density at radius 3 is 2.00 bits per heavy atom. The maximum Gasteiger partial charge on any atom is 0.239 e. The SMILES string of the molecule is CCC(N)C(=O)N1CCN(C(C)C)CC1.Cl.Cl. The summed E-state index contributed by atoms with van der Waals surface area (Å²) in [5.74, 6) is 0.112. The van der Waals surface area contributed by atoms with Gasteiger partial charge in [-0.15, -0.1) is 24.8 Å². The summed E-state index contributed by atoms with van der Waals surface area (Å²) >= 11 is 0. The highest BCUT2D eigenvalue weighted by molar-refractivity contribution is 5.85. The fourth-order valence-electron chi connectivity index (χ4n) is 1.87. The number of carbonyl (C=O) groups is 1. The molecule has 0 aromatic rings. The third kappa shape index (κ3) is 5.42. The Morgan fingerprint density at radius 1 is 1.18 bits per heavy atom. The zero-order valence-electron chi connectivity index (χ0n) is 10.9. The van der Waals surface area contributed by atoms with Crippen LogP contribution in [0.3, 0.4) is 0 Å². The molecule has 0 saturated carbocycles. The van der Waals surface area contributed by atoms with Crippen molar-refractivity contribution in [2.45, 2.75) is 39.3 Å². The summed E-state index contributed by atoms with van der Waals surface area (Å²) in [4.78, 5) is 16.1. The second kappa shape index (κ2) is 8.97. The van der Waals surface area contributed by atoms with Gasteiger partial charge in [-0.25, -0.2) is 0 Å². The summed E-state index contributed by atoms with van der Waals surface area (Å²) in [5.41, 5.74) is 5.74. The molecular formula is C11H25Cl2N3O. The molecule has 0 aliphatic carbocycles. The number of hydrogen-bond donors (Lipinski definition) is 1. The molecule has 0 spiro atoms. The fourth-order valence-corrected chi connectivity index (χ4v) is 1.87. The predicted molar refractivity (Wildman–Crippen MR) is 76.1 cm³/mol. The van der Waals surface area contributed by atoms with Gasteiger partial charge in [0.05, 0.1) is 6.04 Å². The van der Waals surface area contributed by atoms with E-state index in [2.05, 4.69) is 18.7 Å². The van der Waals surface area contributed by atoms with E-state index in [1.165, 1.54) is 0 Å². The highest BCUT2D eigenvalue weighted by Gasteiger charge is 2.24. The van der Waals surface area contributed by atoms with Crippen LogP contribution in [0.1, 0.15) is 27.2 Å². The predicted octanol–water partition coefficient (Wildman–Crippen LogP) is 1.12. The van der Waals surface area contributed by atoms with E-state index in [1.807, 2.05) is 11.8 Å². The van der Waals surface area contributed by atoms with Crippen molar-refractivity contribution < 1.29 is 4.79 Å². The van der Waals surface area contributed by atoms with Crippen LogP contribution >= 0.6 is 24.8 Å². The van der Waals surface area contributed by atoms with E-state index in [1.54, 1.807) is 0 Å². The number of rotatable bonds is 3. The van der Waals surface area contributed by atoms with Crippen LogP contribution in [0.5, 0.6) is 0 Å². The second-order valence-corrected chi connectivity index (χ2v) is 4.47. The first kappa shape index (κ1) is 19.3. The van der Waals surface area contributed by atoms with E-state index < -0.39 is 0 Å². The van der Waals surface area contributed by atoms with Crippen molar-refractivity contribution in [3.05, 3.63) is 0 Å². The van der Waals surface area contributed by atoms with Gasteiger partial charge < -0.3 is 10.6 Å². The molecule has 1 amide bonds. The molecule has 17 heavy (non-hydrogen) atoms. The van der Waals surface area contributed by atoms with Crippen LogP contribution in [0.4, 0.5) is 0 Å². The normalized spacial score (nSPS) is 18.3. The molecule has 1 rings (SSSR count). The maximum atomic E-state index is 11.8. The summed E-state index contributed by atoms with van der Waals surface area (Å²) in [7, 11) is 0. The van der Waals surface area contributed by atoms with Crippen LogP contribution in [-0.4, -0.2) is 54.0 Å². The molecule has 4 nitrogen and oxygen atoms in total. The van der Waals surface area contributed by atoms with Crippen LogP contribution in [-0.2, 0) is 4.79 Å². The molecule has 1 fully saturated rings. The van der Waals surface area contributed by atoms with E-state index in [0.29, 0.717) is 6.04 Å².